The molecule has 1 amide bonds. The lowest BCUT2D eigenvalue weighted by Crippen LogP contribution is -2.12. The summed E-state index contributed by atoms with van der Waals surface area (Å²) in [6.45, 7) is 0. The van der Waals surface area contributed by atoms with E-state index >= 15 is 0 Å². The number of methoxy groups -OCH3 is 1. The van der Waals surface area contributed by atoms with Gasteiger partial charge in [0.1, 0.15) is 5.75 Å². The quantitative estimate of drug-likeness (QED) is 0.831. The Morgan fingerprint density at radius 3 is 2.47 bits per heavy atom. The number of nitrogens with one attached hydrogen (secondary N) is 1. The molecule has 0 bridgehead atoms. The summed E-state index contributed by atoms with van der Waals surface area (Å²) in [5, 5.41) is 2.81. The summed E-state index contributed by atoms with van der Waals surface area (Å²) in [5.41, 5.74) is 1.24. The Hall–Kier alpha value is -1.46. The fraction of sp³-hybridized carbons (Fsp3) is 0.0714. The van der Waals surface area contributed by atoms with Crippen LogP contribution in [-0.2, 0) is 0 Å². The zero-order valence-corrected chi connectivity index (χ0v) is 12.7. The third kappa shape index (κ3) is 3.52. The molecule has 1 N–H and O–H groups in total. The van der Waals surface area contributed by atoms with Crippen LogP contribution < -0.4 is 10.1 Å². The third-order valence-electron chi connectivity index (χ3n) is 2.55. The van der Waals surface area contributed by atoms with E-state index in [2.05, 4.69) is 33.9 Å². The van der Waals surface area contributed by atoms with Crippen molar-refractivity contribution in [1.29, 1.82) is 0 Å². The summed E-state index contributed by atoms with van der Waals surface area (Å²) in [5.74, 6) is 0.555. The first-order chi connectivity index (χ1) is 9.10. The second-order valence-corrected chi connectivity index (χ2v) is 5.24. The van der Waals surface area contributed by atoms with E-state index in [1.165, 1.54) is 0 Å². The number of anilines is 1. The molecule has 0 radical (unpaired) electrons. The minimum atomic E-state index is -0.192. The van der Waals surface area contributed by atoms with E-state index in [1.807, 2.05) is 6.07 Å². The monoisotopic (exact) mass is 337 g/mol. The van der Waals surface area contributed by atoms with Gasteiger partial charge in [0.15, 0.2) is 0 Å². The number of benzene rings is 2. The summed E-state index contributed by atoms with van der Waals surface area (Å²) in [6, 6.07) is 12.5. The van der Waals surface area contributed by atoms with Gasteiger partial charge in [0.05, 0.1) is 12.7 Å². The van der Waals surface area contributed by atoms with Crippen molar-refractivity contribution in [3.05, 3.63) is 52.5 Å². The van der Waals surface area contributed by atoms with Crippen molar-refractivity contribution in [3.8, 4) is 5.75 Å². The van der Waals surface area contributed by atoms with Gasteiger partial charge in [0.25, 0.3) is 5.91 Å². The van der Waals surface area contributed by atoms with Gasteiger partial charge in [-0.3, -0.25) is 4.79 Å². The molecule has 3 nitrogen and oxygen atoms in total. The fourth-order valence-corrected chi connectivity index (χ4v) is 2.42. The first-order valence-corrected chi connectivity index (χ1v) is 6.78. The highest BCUT2D eigenvalue weighted by Crippen LogP contribution is 2.21. The Bertz CT molecular complexity index is 599. The lowest BCUT2D eigenvalue weighted by Gasteiger charge is -2.08. The number of hydrogen-bond donors (Lipinski definition) is 2. The Kier molecular flexibility index (Phi) is 4.50. The summed E-state index contributed by atoms with van der Waals surface area (Å²) in [6.07, 6.45) is 0. The van der Waals surface area contributed by atoms with Crippen LogP contribution in [0.3, 0.4) is 0 Å². The average Bonchev–Trinajstić information content (AvgIpc) is 2.39. The van der Waals surface area contributed by atoms with E-state index in [9.17, 15) is 4.79 Å². The van der Waals surface area contributed by atoms with Gasteiger partial charge in [0.2, 0.25) is 0 Å². The van der Waals surface area contributed by atoms with Crippen LogP contribution in [0.1, 0.15) is 10.4 Å². The summed E-state index contributed by atoms with van der Waals surface area (Å²) in [4.78, 5) is 12.7. The summed E-state index contributed by atoms with van der Waals surface area (Å²) >= 11 is 7.63. The van der Waals surface area contributed by atoms with E-state index in [4.69, 9.17) is 4.74 Å². The van der Waals surface area contributed by atoms with Gasteiger partial charge in [0, 0.05) is 15.1 Å². The van der Waals surface area contributed by atoms with E-state index < -0.39 is 0 Å². The SMILES string of the molecule is COc1ccc(NC(=O)c2ccc(Br)cc2S)cc1. The molecule has 0 aliphatic heterocycles. The molecule has 0 saturated carbocycles. The molecule has 19 heavy (non-hydrogen) atoms. The Morgan fingerprint density at radius 1 is 1.21 bits per heavy atom. The lowest BCUT2D eigenvalue weighted by molar-refractivity contribution is 0.102. The van der Waals surface area contributed by atoms with Crippen molar-refractivity contribution in [1.82, 2.24) is 0 Å². The minimum Gasteiger partial charge on any atom is -0.497 e. The maximum Gasteiger partial charge on any atom is 0.256 e. The topological polar surface area (TPSA) is 38.3 Å². The van der Waals surface area contributed by atoms with Crippen LogP contribution in [0.5, 0.6) is 5.75 Å². The van der Waals surface area contributed by atoms with E-state index in [1.54, 1.807) is 43.5 Å². The van der Waals surface area contributed by atoms with Gasteiger partial charge in [-0.15, -0.1) is 12.6 Å². The van der Waals surface area contributed by atoms with E-state index in [0.29, 0.717) is 16.1 Å². The third-order valence-corrected chi connectivity index (χ3v) is 3.42. The molecule has 2 aromatic carbocycles. The first kappa shape index (κ1) is 14.0. The zero-order chi connectivity index (χ0) is 13.8. The van der Waals surface area contributed by atoms with Crippen LogP contribution >= 0.6 is 28.6 Å². The molecule has 0 aromatic heterocycles. The van der Waals surface area contributed by atoms with Crippen molar-refractivity contribution >= 4 is 40.2 Å². The number of carbonyl (C=O) groups is 1. The largest absolute Gasteiger partial charge is 0.497 e. The van der Waals surface area contributed by atoms with Crippen molar-refractivity contribution < 1.29 is 9.53 Å². The Morgan fingerprint density at radius 2 is 1.89 bits per heavy atom. The number of halogens is 1. The van der Waals surface area contributed by atoms with E-state index in [0.717, 1.165) is 10.2 Å². The number of ether oxygens (including phenoxy) is 1. The molecule has 0 saturated heterocycles. The maximum absolute atomic E-state index is 12.1. The van der Waals surface area contributed by atoms with Gasteiger partial charge in [-0.05, 0) is 42.5 Å². The van der Waals surface area contributed by atoms with Crippen LogP contribution in [0.25, 0.3) is 0 Å². The lowest BCUT2D eigenvalue weighted by atomic mass is 10.2. The molecule has 0 atom stereocenters. The van der Waals surface area contributed by atoms with Crippen LogP contribution in [-0.4, -0.2) is 13.0 Å². The van der Waals surface area contributed by atoms with Crippen LogP contribution in [0, 0.1) is 0 Å². The number of amides is 1. The number of carbonyl (C=O) groups excluding carboxylic acids is 1. The van der Waals surface area contributed by atoms with Crippen LogP contribution in [0.4, 0.5) is 5.69 Å². The molecule has 98 valence electrons. The molecular formula is C14H12BrNO2S. The summed E-state index contributed by atoms with van der Waals surface area (Å²) in [7, 11) is 1.60. The van der Waals surface area contributed by atoms with Gasteiger partial charge >= 0.3 is 0 Å². The van der Waals surface area contributed by atoms with Crippen molar-refractivity contribution in [2.24, 2.45) is 0 Å². The zero-order valence-electron chi connectivity index (χ0n) is 10.2. The highest BCUT2D eigenvalue weighted by Gasteiger charge is 2.10. The standard InChI is InChI=1S/C14H12BrNO2S/c1-18-11-5-3-10(4-6-11)16-14(17)12-7-2-9(15)8-13(12)19/h2-8,19H,1H3,(H,16,17). The number of thiol groups is 1. The van der Waals surface area contributed by atoms with Gasteiger partial charge in [-0.2, -0.15) is 0 Å². The molecule has 0 aliphatic rings. The second kappa shape index (κ2) is 6.12. The predicted octanol–water partition coefficient (Wildman–Crippen LogP) is 4.00. The normalized spacial score (nSPS) is 10.1. The molecule has 5 heteroatoms. The predicted molar refractivity (Wildman–Crippen MR) is 82.3 cm³/mol. The molecule has 0 unspecified atom stereocenters. The number of rotatable bonds is 3. The summed E-state index contributed by atoms with van der Waals surface area (Å²) < 4.78 is 5.95. The Balaban J connectivity index is 2.15. The highest BCUT2D eigenvalue weighted by molar-refractivity contribution is 9.10. The second-order valence-electron chi connectivity index (χ2n) is 3.84. The van der Waals surface area contributed by atoms with Crippen molar-refractivity contribution in [2.75, 3.05) is 12.4 Å². The average molecular weight is 338 g/mol. The van der Waals surface area contributed by atoms with Crippen LogP contribution in [0.2, 0.25) is 0 Å². The Labute approximate surface area is 125 Å². The molecule has 2 rings (SSSR count). The fourth-order valence-electron chi connectivity index (χ4n) is 1.57. The number of hydrogen-bond acceptors (Lipinski definition) is 3. The van der Waals surface area contributed by atoms with Gasteiger partial charge < -0.3 is 10.1 Å². The molecule has 0 aliphatic carbocycles. The van der Waals surface area contributed by atoms with Crippen LogP contribution in [0.15, 0.2) is 51.8 Å². The smallest absolute Gasteiger partial charge is 0.256 e. The molecule has 2 aromatic rings. The highest BCUT2D eigenvalue weighted by atomic mass is 79.9. The first-order valence-electron chi connectivity index (χ1n) is 5.54. The minimum absolute atomic E-state index is 0.192. The molecule has 0 fully saturated rings. The maximum atomic E-state index is 12.1. The van der Waals surface area contributed by atoms with Crippen molar-refractivity contribution in [2.45, 2.75) is 4.90 Å². The molecule has 0 heterocycles. The molecular weight excluding hydrogens is 326 g/mol. The van der Waals surface area contributed by atoms with Gasteiger partial charge in [-0.1, -0.05) is 15.9 Å². The molecule has 0 spiro atoms. The van der Waals surface area contributed by atoms with Gasteiger partial charge in [-0.25, -0.2) is 0 Å². The van der Waals surface area contributed by atoms with E-state index in [-0.39, 0.29) is 5.91 Å². The van der Waals surface area contributed by atoms with Crippen molar-refractivity contribution in [3.63, 3.8) is 0 Å².